The van der Waals surface area contributed by atoms with E-state index in [4.69, 9.17) is 9.47 Å². The van der Waals surface area contributed by atoms with Gasteiger partial charge in [-0.15, -0.1) is 0 Å². The number of carboxylic acid groups (broad SMARTS) is 1. The van der Waals surface area contributed by atoms with Crippen molar-refractivity contribution in [3.63, 3.8) is 0 Å². The molecule has 14 heteroatoms. The zero-order valence-electron chi connectivity index (χ0n) is 33.7. The minimum Gasteiger partial charge on any atom is -0.480 e. The lowest BCUT2D eigenvalue weighted by Crippen LogP contribution is -2.59. The fourth-order valence-corrected chi connectivity index (χ4v) is 5.60. The molecule has 55 heavy (non-hydrogen) atoms. The van der Waals surface area contributed by atoms with Crippen molar-refractivity contribution in [2.24, 2.45) is 5.92 Å². The summed E-state index contributed by atoms with van der Waals surface area (Å²) in [5.41, 5.74) is 0.0122. The van der Waals surface area contributed by atoms with Crippen molar-refractivity contribution in [3.05, 3.63) is 71.8 Å². The van der Waals surface area contributed by atoms with Crippen molar-refractivity contribution in [3.8, 4) is 0 Å². The number of ether oxygens (including phenoxy) is 2. The van der Waals surface area contributed by atoms with E-state index in [2.05, 4.69) is 26.6 Å². The predicted octanol–water partition coefficient (Wildman–Crippen LogP) is 5.21. The van der Waals surface area contributed by atoms with Crippen LogP contribution in [0.2, 0.25) is 0 Å². The Balaban J connectivity index is 2.28. The number of nitrogens with one attached hydrogen (secondary N) is 5. The molecule has 5 amide bonds. The monoisotopic (exact) mass is 767 g/mol. The third-order valence-corrected chi connectivity index (χ3v) is 8.24. The number of carboxylic acids is 1. The maximum Gasteiger partial charge on any atom is 0.408 e. The molecule has 0 saturated heterocycles. The second-order valence-corrected chi connectivity index (χ2v) is 16.1. The molecule has 5 atom stereocenters. The van der Waals surface area contributed by atoms with Gasteiger partial charge in [-0.1, -0.05) is 81.4 Å². The second kappa shape index (κ2) is 21.7. The van der Waals surface area contributed by atoms with Crippen LogP contribution < -0.4 is 26.6 Å². The Kier molecular flexibility index (Phi) is 18.1. The number of amides is 5. The van der Waals surface area contributed by atoms with E-state index >= 15 is 0 Å². The maximum absolute atomic E-state index is 14.1. The summed E-state index contributed by atoms with van der Waals surface area (Å²) >= 11 is 0. The zero-order valence-corrected chi connectivity index (χ0v) is 33.7. The highest BCUT2D eigenvalue weighted by atomic mass is 16.6. The summed E-state index contributed by atoms with van der Waals surface area (Å²) in [6, 6.07) is 13.4. The van der Waals surface area contributed by atoms with Crippen molar-refractivity contribution in [1.29, 1.82) is 0 Å². The first-order chi connectivity index (χ1) is 25.6. The third kappa shape index (κ3) is 18.2. The molecule has 0 bridgehead atoms. The number of aliphatic carboxylic acids is 1. The standard InChI is InChI=1S/C41H61N5O9/c1-26(2)24-31(34(47)43-30(37(50)51)22-16-17-23-42-38(52)54-40(4,5)6)44-35(48)32(25-28-18-12-10-13-19-28)45-36(49)33(46-39(53)55-41(7,8)9)27(3)29-20-14-11-15-21-29/h10-15,18-21,26-27,30-33H,16-17,22-25H2,1-9H3,(H,42,52)(H,43,47)(H,44,48)(H,45,49)(H,46,53)(H,50,51)/t27-,30-,31-,32-,33?/m1/s1. The molecule has 0 spiro atoms. The van der Waals surface area contributed by atoms with Crippen LogP contribution in [-0.2, 0) is 35.1 Å². The Morgan fingerprint density at radius 2 is 1.15 bits per heavy atom. The number of hydrogen-bond acceptors (Lipinski definition) is 8. The van der Waals surface area contributed by atoms with E-state index in [1.807, 2.05) is 50.2 Å². The van der Waals surface area contributed by atoms with Crippen LogP contribution in [0, 0.1) is 5.92 Å². The molecule has 14 nitrogen and oxygen atoms in total. The summed E-state index contributed by atoms with van der Waals surface area (Å²) in [6.07, 6.45) is -0.243. The van der Waals surface area contributed by atoms with Gasteiger partial charge in [-0.3, -0.25) is 14.4 Å². The van der Waals surface area contributed by atoms with Gasteiger partial charge in [0.1, 0.15) is 35.4 Å². The van der Waals surface area contributed by atoms with Gasteiger partial charge >= 0.3 is 18.2 Å². The van der Waals surface area contributed by atoms with E-state index in [0.29, 0.717) is 12.8 Å². The Morgan fingerprint density at radius 3 is 1.69 bits per heavy atom. The van der Waals surface area contributed by atoms with Gasteiger partial charge in [0.05, 0.1) is 0 Å². The lowest BCUT2D eigenvalue weighted by molar-refractivity contribution is -0.142. The summed E-state index contributed by atoms with van der Waals surface area (Å²) in [7, 11) is 0. The van der Waals surface area contributed by atoms with Crippen molar-refractivity contribution in [1.82, 2.24) is 26.6 Å². The SMILES string of the molecule is CC(C)C[C@@H](NC(=O)[C@@H](Cc1ccccc1)NC(=O)C(NC(=O)OC(C)(C)C)[C@H](C)c1ccccc1)C(=O)N[C@H](CCCCNC(=O)OC(C)(C)C)C(=O)O. The lowest BCUT2D eigenvalue weighted by Gasteiger charge is -2.29. The molecule has 2 aromatic carbocycles. The molecular weight excluding hydrogens is 706 g/mol. The minimum atomic E-state index is -1.25. The van der Waals surface area contributed by atoms with Crippen LogP contribution in [0.15, 0.2) is 60.7 Å². The Hall–Kier alpha value is -5.14. The highest BCUT2D eigenvalue weighted by molar-refractivity contribution is 5.95. The molecule has 0 aliphatic carbocycles. The van der Waals surface area contributed by atoms with Crippen LogP contribution in [0.5, 0.6) is 0 Å². The van der Waals surface area contributed by atoms with Crippen LogP contribution in [0.1, 0.15) is 105 Å². The highest BCUT2D eigenvalue weighted by Crippen LogP contribution is 2.21. The highest BCUT2D eigenvalue weighted by Gasteiger charge is 2.35. The summed E-state index contributed by atoms with van der Waals surface area (Å²) in [4.78, 5) is 78.8. The summed E-state index contributed by atoms with van der Waals surface area (Å²) in [5, 5.41) is 23.4. The first-order valence-electron chi connectivity index (χ1n) is 18.8. The van der Waals surface area contributed by atoms with Gasteiger partial charge in [-0.2, -0.15) is 0 Å². The van der Waals surface area contributed by atoms with Gasteiger partial charge in [0.15, 0.2) is 0 Å². The number of alkyl carbamates (subject to hydrolysis) is 2. The topological polar surface area (TPSA) is 201 Å². The van der Waals surface area contributed by atoms with E-state index in [1.165, 1.54) is 0 Å². The van der Waals surface area contributed by atoms with E-state index < -0.39 is 77.2 Å². The molecule has 2 aromatic rings. The molecule has 2 rings (SSSR count). The van der Waals surface area contributed by atoms with Crippen LogP contribution >= 0.6 is 0 Å². The Morgan fingerprint density at radius 1 is 0.636 bits per heavy atom. The second-order valence-electron chi connectivity index (χ2n) is 16.1. The summed E-state index contributed by atoms with van der Waals surface area (Å²) in [5.74, 6) is -3.84. The van der Waals surface area contributed by atoms with Crippen molar-refractivity contribution in [2.45, 2.75) is 136 Å². The number of rotatable bonds is 19. The molecule has 0 heterocycles. The van der Waals surface area contributed by atoms with Crippen molar-refractivity contribution in [2.75, 3.05) is 6.54 Å². The van der Waals surface area contributed by atoms with E-state index in [0.717, 1.165) is 11.1 Å². The van der Waals surface area contributed by atoms with Crippen molar-refractivity contribution >= 4 is 35.9 Å². The van der Waals surface area contributed by atoms with Gasteiger partial charge in [0.25, 0.3) is 0 Å². The summed E-state index contributed by atoms with van der Waals surface area (Å²) in [6.45, 7) is 16.1. The fourth-order valence-electron chi connectivity index (χ4n) is 5.60. The molecule has 1 unspecified atom stereocenters. The zero-order chi connectivity index (χ0) is 41.3. The number of benzene rings is 2. The average molecular weight is 768 g/mol. The van der Waals surface area contributed by atoms with E-state index in [-0.39, 0.29) is 31.7 Å². The van der Waals surface area contributed by atoms with Crippen LogP contribution in [0.4, 0.5) is 9.59 Å². The Labute approximate surface area is 325 Å². The largest absolute Gasteiger partial charge is 0.480 e. The molecule has 0 fully saturated rings. The molecular formula is C41H61N5O9. The number of unbranched alkanes of at least 4 members (excludes halogenated alkanes) is 1. The Bertz CT molecular complexity index is 1560. The number of carbonyl (C=O) groups is 6. The lowest BCUT2D eigenvalue weighted by atomic mass is 9.92. The normalized spacial score (nSPS) is 14.3. The smallest absolute Gasteiger partial charge is 0.408 e. The first-order valence-corrected chi connectivity index (χ1v) is 18.8. The molecule has 0 aliphatic heterocycles. The first kappa shape index (κ1) is 46.0. The maximum atomic E-state index is 14.1. The van der Waals surface area contributed by atoms with Gasteiger partial charge in [-0.05, 0) is 84.3 Å². The van der Waals surface area contributed by atoms with Gasteiger partial charge < -0.3 is 41.2 Å². The predicted molar refractivity (Wildman–Crippen MR) is 209 cm³/mol. The molecule has 304 valence electrons. The molecule has 0 radical (unpaired) electrons. The summed E-state index contributed by atoms with van der Waals surface area (Å²) < 4.78 is 10.7. The molecule has 6 N–H and O–H groups in total. The number of carbonyl (C=O) groups excluding carboxylic acids is 5. The van der Waals surface area contributed by atoms with Gasteiger partial charge in [0.2, 0.25) is 17.7 Å². The molecule has 0 aromatic heterocycles. The fraction of sp³-hybridized carbons (Fsp3) is 0.561. The number of hydrogen-bond donors (Lipinski definition) is 6. The average Bonchev–Trinajstić information content (AvgIpc) is 3.07. The quantitative estimate of drug-likeness (QED) is 0.104. The van der Waals surface area contributed by atoms with E-state index in [9.17, 15) is 33.9 Å². The van der Waals surface area contributed by atoms with E-state index in [1.54, 1.807) is 72.7 Å². The third-order valence-electron chi connectivity index (χ3n) is 8.24. The van der Waals surface area contributed by atoms with Crippen LogP contribution in [-0.4, -0.2) is 82.9 Å². The van der Waals surface area contributed by atoms with Crippen LogP contribution in [0.3, 0.4) is 0 Å². The van der Waals surface area contributed by atoms with Gasteiger partial charge in [0, 0.05) is 18.9 Å². The van der Waals surface area contributed by atoms with Gasteiger partial charge in [-0.25, -0.2) is 14.4 Å². The van der Waals surface area contributed by atoms with Crippen molar-refractivity contribution < 1.29 is 43.3 Å². The molecule has 0 aliphatic rings. The molecule has 0 saturated carbocycles. The van der Waals surface area contributed by atoms with Crippen LogP contribution in [0.25, 0.3) is 0 Å². The minimum absolute atomic E-state index is 0.0579.